The first-order valence-electron chi connectivity index (χ1n) is 6.13. The Balaban J connectivity index is 2.17. The summed E-state index contributed by atoms with van der Waals surface area (Å²) < 4.78 is 0. The molecular weight excluding hydrogens is 214 g/mol. The minimum absolute atomic E-state index is 0.274. The molecule has 1 aliphatic heterocycles. The standard InChI is InChI=1S/C12H21N5/c1-9(2)16(3)11-6-12(15-8-14-11)17-5-4-10(13)7-17/h6,8-10H,4-5,7,13H2,1-3H3. The largest absolute Gasteiger partial charge is 0.357 e. The molecule has 5 nitrogen and oxygen atoms in total. The second-order valence-electron chi connectivity index (χ2n) is 4.93. The van der Waals surface area contributed by atoms with Gasteiger partial charge in [0, 0.05) is 38.3 Å². The Morgan fingerprint density at radius 1 is 1.47 bits per heavy atom. The molecule has 0 bridgehead atoms. The predicted octanol–water partition coefficient (Wildman–Crippen LogP) is 0.859. The zero-order chi connectivity index (χ0) is 12.4. The quantitative estimate of drug-likeness (QED) is 0.842. The van der Waals surface area contributed by atoms with Crippen LogP contribution in [0.25, 0.3) is 0 Å². The number of hydrogen-bond acceptors (Lipinski definition) is 5. The van der Waals surface area contributed by atoms with Crippen LogP contribution in [0.3, 0.4) is 0 Å². The molecule has 0 saturated carbocycles. The van der Waals surface area contributed by atoms with Gasteiger partial charge >= 0.3 is 0 Å². The number of anilines is 2. The van der Waals surface area contributed by atoms with E-state index in [0.29, 0.717) is 6.04 Å². The first-order chi connectivity index (χ1) is 8.08. The van der Waals surface area contributed by atoms with Gasteiger partial charge in [-0.2, -0.15) is 0 Å². The second kappa shape index (κ2) is 4.87. The third-order valence-electron chi connectivity index (χ3n) is 3.32. The molecule has 1 saturated heterocycles. The van der Waals surface area contributed by atoms with E-state index in [-0.39, 0.29) is 6.04 Å². The third-order valence-corrected chi connectivity index (χ3v) is 3.32. The molecule has 0 aromatic carbocycles. The summed E-state index contributed by atoms with van der Waals surface area (Å²) in [5.74, 6) is 1.95. The molecule has 2 heterocycles. The molecule has 1 unspecified atom stereocenters. The number of nitrogens with zero attached hydrogens (tertiary/aromatic N) is 4. The molecule has 0 aliphatic carbocycles. The van der Waals surface area contributed by atoms with Crippen LogP contribution in [0.2, 0.25) is 0 Å². The van der Waals surface area contributed by atoms with E-state index in [0.717, 1.165) is 31.1 Å². The molecule has 1 aromatic heterocycles. The van der Waals surface area contributed by atoms with E-state index in [2.05, 4.69) is 33.6 Å². The molecule has 5 heteroatoms. The maximum atomic E-state index is 5.91. The van der Waals surface area contributed by atoms with E-state index >= 15 is 0 Å². The van der Waals surface area contributed by atoms with Crippen molar-refractivity contribution in [2.24, 2.45) is 5.73 Å². The zero-order valence-electron chi connectivity index (χ0n) is 10.8. The maximum Gasteiger partial charge on any atom is 0.134 e. The Labute approximate surface area is 103 Å². The highest BCUT2D eigenvalue weighted by atomic mass is 15.2. The molecule has 2 rings (SSSR count). The van der Waals surface area contributed by atoms with E-state index in [1.165, 1.54) is 0 Å². The van der Waals surface area contributed by atoms with Crippen LogP contribution in [-0.4, -0.2) is 42.2 Å². The van der Waals surface area contributed by atoms with E-state index in [9.17, 15) is 0 Å². The van der Waals surface area contributed by atoms with Crippen LogP contribution in [-0.2, 0) is 0 Å². The fraction of sp³-hybridized carbons (Fsp3) is 0.667. The summed E-state index contributed by atoms with van der Waals surface area (Å²) in [7, 11) is 2.05. The molecule has 1 aromatic rings. The number of aromatic nitrogens is 2. The summed E-state index contributed by atoms with van der Waals surface area (Å²) in [4.78, 5) is 13.0. The van der Waals surface area contributed by atoms with Crippen molar-refractivity contribution in [3.8, 4) is 0 Å². The van der Waals surface area contributed by atoms with E-state index < -0.39 is 0 Å². The van der Waals surface area contributed by atoms with Crippen molar-refractivity contribution < 1.29 is 0 Å². The summed E-state index contributed by atoms with van der Waals surface area (Å²) in [6, 6.07) is 2.74. The average Bonchev–Trinajstić information content (AvgIpc) is 2.75. The minimum atomic E-state index is 0.274. The van der Waals surface area contributed by atoms with Crippen LogP contribution in [0, 0.1) is 0 Å². The van der Waals surface area contributed by atoms with Crippen molar-refractivity contribution >= 4 is 11.6 Å². The fourth-order valence-corrected chi connectivity index (χ4v) is 1.96. The van der Waals surface area contributed by atoms with Gasteiger partial charge in [-0.25, -0.2) is 9.97 Å². The first-order valence-corrected chi connectivity index (χ1v) is 6.13. The molecule has 0 spiro atoms. The highest BCUT2D eigenvalue weighted by molar-refractivity contribution is 5.50. The van der Waals surface area contributed by atoms with E-state index in [4.69, 9.17) is 5.73 Å². The van der Waals surface area contributed by atoms with Gasteiger partial charge in [-0.15, -0.1) is 0 Å². The lowest BCUT2D eigenvalue weighted by molar-refractivity contribution is 0.739. The molecular formula is C12H21N5. The van der Waals surface area contributed by atoms with E-state index in [1.54, 1.807) is 6.33 Å². The van der Waals surface area contributed by atoms with Gasteiger partial charge in [-0.3, -0.25) is 0 Å². The van der Waals surface area contributed by atoms with Gasteiger partial charge in [0.2, 0.25) is 0 Å². The van der Waals surface area contributed by atoms with Crippen molar-refractivity contribution in [3.63, 3.8) is 0 Å². The molecule has 1 fully saturated rings. The van der Waals surface area contributed by atoms with Gasteiger partial charge in [-0.1, -0.05) is 0 Å². The van der Waals surface area contributed by atoms with Crippen LogP contribution in [0.5, 0.6) is 0 Å². The second-order valence-corrected chi connectivity index (χ2v) is 4.93. The van der Waals surface area contributed by atoms with Crippen molar-refractivity contribution in [2.75, 3.05) is 29.9 Å². The fourth-order valence-electron chi connectivity index (χ4n) is 1.96. The normalized spacial score (nSPS) is 20.1. The van der Waals surface area contributed by atoms with Gasteiger partial charge < -0.3 is 15.5 Å². The first kappa shape index (κ1) is 12.1. The number of hydrogen-bond donors (Lipinski definition) is 1. The monoisotopic (exact) mass is 235 g/mol. The van der Waals surface area contributed by atoms with Crippen molar-refractivity contribution in [1.29, 1.82) is 0 Å². The smallest absolute Gasteiger partial charge is 0.134 e. The Kier molecular flexibility index (Phi) is 3.47. The SMILES string of the molecule is CC(C)N(C)c1cc(N2CCC(N)C2)ncn1. The highest BCUT2D eigenvalue weighted by Gasteiger charge is 2.21. The van der Waals surface area contributed by atoms with Crippen molar-refractivity contribution in [2.45, 2.75) is 32.4 Å². The van der Waals surface area contributed by atoms with Crippen molar-refractivity contribution in [1.82, 2.24) is 9.97 Å². The van der Waals surface area contributed by atoms with Crippen LogP contribution < -0.4 is 15.5 Å². The Hall–Kier alpha value is -1.36. The predicted molar refractivity (Wildman–Crippen MR) is 70.4 cm³/mol. The number of rotatable bonds is 3. The molecule has 2 N–H and O–H groups in total. The van der Waals surface area contributed by atoms with Crippen LogP contribution in [0.4, 0.5) is 11.6 Å². The van der Waals surface area contributed by atoms with Gasteiger partial charge in [0.1, 0.15) is 18.0 Å². The Morgan fingerprint density at radius 2 is 2.24 bits per heavy atom. The highest BCUT2D eigenvalue weighted by Crippen LogP contribution is 2.21. The van der Waals surface area contributed by atoms with Gasteiger partial charge in [-0.05, 0) is 20.3 Å². The van der Waals surface area contributed by atoms with Gasteiger partial charge in [0.05, 0.1) is 0 Å². The average molecular weight is 235 g/mol. The molecule has 0 radical (unpaired) electrons. The number of nitrogens with two attached hydrogens (primary N) is 1. The summed E-state index contributed by atoms with van der Waals surface area (Å²) in [6.07, 6.45) is 2.67. The van der Waals surface area contributed by atoms with Crippen LogP contribution in [0.1, 0.15) is 20.3 Å². The van der Waals surface area contributed by atoms with Crippen molar-refractivity contribution in [3.05, 3.63) is 12.4 Å². The minimum Gasteiger partial charge on any atom is -0.357 e. The van der Waals surface area contributed by atoms with Gasteiger partial charge in [0.15, 0.2) is 0 Å². The maximum absolute atomic E-state index is 5.91. The molecule has 94 valence electrons. The lowest BCUT2D eigenvalue weighted by Crippen LogP contribution is -2.29. The summed E-state index contributed by atoms with van der Waals surface area (Å²) in [5, 5.41) is 0. The van der Waals surface area contributed by atoms with Crippen LogP contribution in [0.15, 0.2) is 12.4 Å². The topological polar surface area (TPSA) is 58.3 Å². The summed E-state index contributed by atoms with van der Waals surface area (Å²) in [5.41, 5.74) is 5.91. The van der Waals surface area contributed by atoms with Crippen LogP contribution >= 0.6 is 0 Å². The Morgan fingerprint density at radius 3 is 2.82 bits per heavy atom. The summed E-state index contributed by atoms with van der Waals surface area (Å²) >= 11 is 0. The van der Waals surface area contributed by atoms with Gasteiger partial charge in [0.25, 0.3) is 0 Å². The lowest BCUT2D eigenvalue weighted by atomic mass is 10.3. The zero-order valence-corrected chi connectivity index (χ0v) is 10.8. The molecule has 1 aliphatic rings. The van der Waals surface area contributed by atoms with E-state index in [1.807, 2.05) is 13.1 Å². The third kappa shape index (κ3) is 2.66. The molecule has 1 atom stereocenters. The molecule has 17 heavy (non-hydrogen) atoms. The Bertz CT molecular complexity index is 379. The lowest BCUT2D eigenvalue weighted by Gasteiger charge is -2.24. The summed E-state index contributed by atoms with van der Waals surface area (Å²) in [6.45, 7) is 6.17. The molecule has 0 amide bonds.